The highest BCUT2D eigenvalue weighted by Gasteiger charge is 2.12. The average Bonchev–Trinajstić information content (AvgIpc) is 2.99. The molecule has 0 radical (unpaired) electrons. The Kier molecular flexibility index (Phi) is 10.6. The molecule has 0 aliphatic heterocycles. The predicted octanol–water partition coefficient (Wildman–Crippen LogP) is 3.29. The molecule has 0 aromatic carbocycles. The summed E-state index contributed by atoms with van der Waals surface area (Å²) in [4.78, 5) is 11.3. The van der Waals surface area contributed by atoms with Crippen molar-refractivity contribution in [3.8, 4) is 5.82 Å². The van der Waals surface area contributed by atoms with Gasteiger partial charge in [0.1, 0.15) is 0 Å². The van der Waals surface area contributed by atoms with Crippen LogP contribution in [0.1, 0.15) is 44.6 Å². The summed E-state index contributed by atoms with van der Waals surface area (Å²) < 4.78 is 1.86. The van der Waals surface area contributed by atoms with E-state index in [2.05, 4.69) is 64.4 Å². The number of nitrogens with one attached hydrogen (secondary N) is 2. The van der Waals surface area contributed by atoms with Gasteiger partial charge in [0.25, 0.3) is 0 Å². The van der Waals surface area contributed by atoms with Crippen molar-refractivity contribution < 1.29 is 0 Å². The largest absolute Gasteiger partial charge is 0.355 e. The van der Waals surface area contributed by atoms with E-state index in [1.165, 1.54) is 0 Å². The van der Waals surface area contributed by atoms with Crippen molar-refractivity contribution in [3.63, 3.8) is 0 Å². The lowest BCUT2D eigenvalue weighted by Gasteiger charge is -2.30. The Bertz CT molecular complexity index is 758. The number of pyridine rings is 1. The normalized spacial score (nSPS) is 11.9. The Morgan fingerprint density at radius 1 is 1.14 bits per heavy atom. The molecule has 0 aliphatic rings. The molecule has 2 aromatic rings. The van der Waals surface area contributed by atoms with Crippen molar-refractivity contribution >= 4 is 29.9 Å². The van der Waals surface area contributed by atoms with Gasteiger partial charge in [-0.2, -0.15) is 5.10 Å². The number of aromatic nitrogens is 3. The molecule has 8 heteroatoms. The van der Waals surface area contributed by atoms with E-state index in [-0.39, 0.29) is 24.0 Å². The lowest BCUT2D eigenvalue weighted by molar-refractivity contribution is 0.178. The minimum absolute atomic E-state index is 0. The third-order valence-electron chi connectivity index (χ3n) is 4.71. The average molecular weight is 513 g/mol. The predicted molar refractivity (Wildman–Crippen MR) is 131 cm³/mol. The highest BCUT2D eigenvalue weighted by molar-refractivity contribution is 14.0. The van der Waals surface area contributed by atoms with E-state index in [0.29, 0.717) is 18.6 Å². The van der Waals surface area contributed by atoms with Crippen LogP contribution in [0.4, 0.5) is 0 Å². The summed E-state index contributed by atoms with van der Waals surface area (Å²) in [6, 6.07) is 7.17. The second kappa shape index (κ2) is 12.1. The number of aryl methyl sites for hydroxylation is 2. The molecule has 162 valence electrons. The zero-order valence-corrected chi connectivity index (χ0v) is 21.1. The van der Waals surface area contributed by atoms with Gasteiger partial charge < -0.3 is 10.6 Å². The standard InChI is InChI=1S/C21H35N7.HI/c1-15(2)27(16(3)4)11-10-23-21(22-7)25-14-19-8-9-20(24-13-19)28-18(6)12-17(5)26-28;/h8-9,12-13,15-16H,10-11,14H2,1-7H3,(H2,22,23,25);1H. The molecule has 0 unspecified atom stereocenters. The van der Waals surface area contributed by atoms with Crippen molar-refractivity contribution in [1.82, 2.24) is 30.3 Å². The second-order valence-corrected chi connectivity index (χ2v) is 7.64. The Labute approximate surface area is 192 Å². The maximum Gasteiger partial charge on any atom is 0.191 e. The molecule has 2 aromatic heterocycles. The first-order valence-electron chi connectivity index (χ1n) is 10.0. The first kappa shape index (κ1) is 25.4. The van der Waals surface area contributed by atoms with Crippen LogP contribution in [-0.2, 0) is 6.54 Å². The summed E-state index contributed by atoms with van der Waals surface area (Å²) in [5.41, 5.74) is 3.17. The van der Waals surface area contributed by atoms with Gasteiger partial charge in [0, 0.05) is 50.7 Å². The van der Waals surface area contributed by atoms with Gasteiger partial charge >= 0.3 is 0 Å². The number of nitrogens with zero attached hydrogens (tertiary/aromatic N) is 5. The Morgan fingerprint density at radius 3 is 2.31 bits per heavy atom. The first-order chi connectivity index (χ1) is 13.3. The van der Waals surface area contributed by atoms with Crippen LogP contribution in [0.25, 0.3) is 5.82 Å². The molecule has 7 nitrogen and oxygen atoms in total. The number of hydrogen-bond acceptors (Lipinski definition) is 4. The minimum Gasteiger partial charge on any atom is -0.355 e. The second-order valence-electron chi connectivity index (χ2n) is 7.64. The van der Waals surface area contributed by atoms with Gasteiger partial charge in [-0.1, -0.05) is 6.07 Å². The Balaban J connectivity index is 0.00000420. The van der Waals surface area contributed by atoms with Crippen molar-refractivity contribution in [3.05, 3.63) is 41.3 Å². The molecule has 0 bridgehead atoms. The molecular formula is C21H36IN7. The minimum atomic E-state index is 0. The van der Waals surface area contributed by atoms with Crippen LogP contribution >= 0.6 is 24.0 Å². The van der Waals surface area contributed by atoms with Crippen molar-refractivity contribution in [1.29, 1.82) is 0 Å². The fraction of sp³-hybridized carbons (Fsp3) is 0.571. The van der Waals surface area contributed by atoms with E-state index in [1.54, 1.807) is 7.05 Å². The lowest BCUT2D eigenvalue weighted by atomic mass is 10.2. The zero-order chi connectivity index (χ0) is 20.7. The molecule has 2 heterocycles. The monoisotopic (exact) mass is 513 g/mol. The van der Waals surface area contributed by atoms with Gasteiger partial charge in [0.15, 0.2) is 11.8 Å². The SMILES string of the molecule is CN=C(NCCN(C(C)C)C(C)C)NCc1ccc(-n2nc(C)cc2C)nc1.I. The molecule has 0 fully saturated rings. The first-order valence-corrected chi connectivity index (χ1v) is 10.0. The number of rotatable bonds is 8. The Hall–Kier alpha value is -1.68. The fourth-order valence-corrected chi connectivity index (χ4v) is 3.33. The molecule has 0 aliphatic carbocycles. The number of halogens is 1. The molecule has 2 rings (SSSR count). The van der Waals surface area contributed by atoms with E-state index in [9.17, 15) is 0 Å². The fourth-order valence-electron chi connectivity index (χ4n) is 3.33. The lowest BCUT2D eigenvalue weighted by Crippen LogP contribution is -2.45. The molecular weight excluding hydrogens is 477 g/mol. The number of aliphatic imine (C=N–C) groups is 1. The van der Waals surface area contributed by atoms with E-state index >= 15 is 0 Å². The molecule has 0 atom stereocenters. The topological polar surface area (TPSA) is 70.4 Å². The zero-order valence-electron chi connectivity index (χ0n) is 18.7. The summed E-state index contributed by atoms with van der Waals surface area (Å²) in [5, 5.41) is 11.2. The summed E-state index contributed by atoms with van der Waals surface area (Å²) in [6.07, 6.45) is 1.88. The third-order valence-corrected chi connectivity index (χ3v) is 4.71. The van der Waals surface area contributed by atoms with Gasteiger partial charge in [-0.15, -0.1) is 24.0 Å². The van der Waals surface area contributed by atoms with Gasteiger partial charge in [0.05, 0.1) is 5.69 Å². The van der Waals surface area contributed by atoms with Crippen LogP contribution < -0.4 is 10.6 Å². The molecule has 0 spiro atoms. The maximum atomic E-state index is 4.54. The molecule has 0 amide bonds. The van der Waals surface area contributed by atoms with Crippen molar-refractivity contribution in [2.24, 2.45) is 4.99 Å². The van der Waals surface area contributed by atoms with Crippen LogP contribution in [0.3, 0.4) is 0 Å². The summed E-state index contributed by atoms with van der Waals surface area (Å²) in [6.45, 7) is 15.5. The van der Waals surface area contributed by atoms with Crippen LogP contribution in [-0.4, -0.2) is 57.8 Å². The van der Waals surface area contributed by atoms with E-state index in [0.717, 1.165) is 41.8 Å². The van der Waals surface area contributed by atoms with Gasteiger partial charge in [-0.05, 0) is 59.2 Å². The summed E-state index contributed by atoms with van der Waals surface area (Å²) in [5.74, 6) is 1.63. The highest BCUT2D eigenvalue weighted by atomic mass is 127. The quantitative estimate of drug-likeness (QED) is 0.322. The molecule has 2 N–H and O–H groups in total. The number of guanidine groups is 1. The summed E-state index contributed by atoms with van der Waals surface area (Å²) >= 11 is 0. The Morgan fingerprint density at radius 2 is 1.83 bits per heavy atom. The molecule has 0 saturated carbocycles. The number of hydrogen-bond donors (Lipinski definition) is 2. The van der Waals surface area contributed by atoms with Crippen LogP contribution in [0.5, 0.6) is 0 Å². The molecule has 29 heavy (non-hydrogen) atoms. The van der Waals surface area contributed by atoms with Gasteiger partial charge in [-0.25, -0.2) is 9.67 Å². The third kappa shape index (κ3) is 7.58. The van der Waals surface area contributed by atoms with Crippen LogP contribution in [0, 0.1) is 13.8 Å². The van der Waals surface area contributed by atoms with E-state index in [4.69, 9.17) is 0 Å². The van der Waals surface area contributed by atoms with Gasteiger partial charge in [0.2, 0.25) is 0 Å². The van der Waals surface area contributed by atoms with Crippen LogP contribution in [0.15, 0.2) is 29.4 Å². The molecule has 0 saturated heterocycles. The van der Waals surface area contributed by atoms with Crippen molar-refractivity contribution in [2.45, 2.75) is 60.2 Å². The summed E-state index contributed by atoms with van der Waals surface area (Å²) in [7, 11) is 1.79. The maximum absolute atomic E-state index is 4.54. The van der Waals surface area contributed by atoms with E-state index in [1.807, 2.05) is 36.9 Å². The van der Waals surface area contributed by atoms with Crippen LogP contribution in [0.2, 0.25) is 0 Å². The smallest absolute Gasteiger partial charge is 0.191 e. The van der Waals surface area contributed by atoms with E-state index < -0.39 is 0 Å². The van der Waals surface area contributed by atoms with Gasteiger partial charge in [-0.3, -0.25) is 9.89 Å². The van der Waals surface area contributed by atoms with Crippen molar-refractivity contribution in [2.75, 3.05) is 20.1 Å². The highest BCUT2D eigenvalue weighted by Crippen LogP contribution is 2.10.